The average molecular weight is 331 g/mol. The third kappa shape index (κ3) is 3.33. The molecule has 24 heavy (non-hydrogen) atoms. The van der Waals surface area contributed by atoms with Gasteiger partial charge in [-0.1, -0.05) is 12.1 Å². The molecule has 0 amide bonds. The van der Waals surface area contributed by atoms with Gasteiger partial charge < -0.3 is 4.42 Å². The van der Waals surface area contributed by atoms with Gasteiger partial charge in [0.15, 0.2) is 17.3 Å². The first kappa shape index (κ1) is 15.5. The SMILES string of the molecule is N#Cc1cnc(Nc2ncc(-c3ccc(C(F)(F)F)cc3)o2)cn1. The molecule has 9 heteroatoms. The van der Waals surface area contributed by atoms with Crippen molar-refractivity contribution in [2.75, 3.05) is 5.32 Å². The fourth-order valence-electron chi connectivity index (χ4n) is 1.85. The van der Waals surface area contributed by atoms with E-state index in [1.807, 2.05) is 6.07 Å². The summed E-state index contributed by atoms with van der Waals surface area (Å²) in [5, 5.41) is 11.4. The van der Waals surface area contributed by atoms with Gasteiger partial charge in [-0.25, -0.2) is 15.0 Å². The van der Waals surface area contributed by atoms with Crippen molar-refractivity contribution in [2.24, 2.45) is 0 Å². The monoisotopic (exact) mass is 331 g/mol. The van der Waals surface area contributed by atoms with Crippen LogP contribution >= 0.6 is 0 Å². The van der Waals surface area contributed by atoms with Gasteiger partial charge in [-0.3, -0.25) is 5.32 Å². The highest BCUT2D eigenvalue weighted by atomic mass is 19.4. The van der Waals surface area contributed by atoms with Crippen LogP contribution in [-0.4, -0.2) is 15.0 Å². The van der Waals surface area contributed by atoms with Gasteiger partial charge in [0.2, 0.25) is 0 Å². The molecule has 0 fully saturated rings. The third-order valence-electron chi connectivity index (χ3n) is 3.00. The second-order valence-electron chi connectivity index (χ2n) is 4.63. The van der Waals surface area contributed by atoms with Crippen LogP contribution in [0.3, 0.4) is 0 Å². The van der Waals surface area contributed by atoms with Crippen LogP contribution in [0.15, 0.2) is 47.3 Å². The summed E-state index contributed by atoms with van der Waals surface area (Å²) < 4.78 is 43.1. The minimum absolute atomic E-state index is 0.101. The van der Waals surface area contributed by atoms with Gasteiger partial charge in [0.1, 0.15) is 6.07 Å². The van der Waals surface area contributed by atoms with Gasteiger partial charge in [-0.15, -0.1) is 0 Å². The summed E-state index contributed by atoms with van der Waals surface area (Å²) in [6.45, 7) is 0. The highest BCUT2D eigenvalue weighted by Gasteiger charge is 2.30. The van der Waals surface area contributed by atoms with Crippen molar-refractivity contribution in [3.8, 4) is 17.4 Å². The number of nitrogens with one attached hydrogen (secondary N) is 1. The highest BCUT2D eigenvalue weighted by Crippen LogP contribution is 2.31. The number of anilines is 2. The summed E-state index contributed by atoms with van der Waals surface area (Å²) in [6.07, 6.45) is -0.397. The van der Waals surface area contributed by atoms with Crippen molar-refractivity contribution in [3.63, 3.8) is 0 Å². The lowest BCUT2D eigenvalue weighted by Gasteiger charge is -2.06. The molecule has 0 aliphatic rings. The molecular weight excluding hydrogens is 323 g/mol. The number of nitrogens with zero attached hydrogens (tertiary/aromatic N) is 4. The molecule has 0 aliphatic carbocycles. The van der Waals surface area contributed by atoms with Crippen molar-refractivity contribution in [2.45, 2.75) is 6.18 Å². The van der Waals surface area contributed by atoms with Crippen LogP contribution in [0, 0.1) is 11.3 Å². The molecule has 3 aromatic rings. The Balaban J connectivity index is 1.76. The van der Waals surface area contributed by atoms with Gasteiger partial charge in [0, 0.05) is 5.56 Å². The predicted molar refractivity (Wildman–Crippen MR) is 77.0 cm³/mol. The van der Waals surface area contributed by atoms with Crippen LogP contribution in [0.4, 0.5) is 25.0 Å². The fourth-order valence-corrected chi connectivity index (χ4v) is 1.85. The van der Waals surface area contributed by atoms with E-state index in [1.54, 1.807) is 0 Å². The zero-order valence-corrected chi connectivity index (χ0v) is 11.9. The molecule has 0 atom stereocenters. The van der Waals surface area contributed by atoms with E-state index >= 15 is 0 Å². The standard InChI is InChI=1S/C15H8F3N5O/c16-15(17,18)10-3-1-9(2-4-10)12-7-22-14(24-12)23-13-8-20-11(5-19)6-21-13/h1-4,6-8H,(H,21,22,23). The lowest BCUT2D eigenvalue weighted by atomic mass is 10.1. The number of hydrogen-bond donors (Lipinski definition) is 1. The average Bonchev–Trinajstić information content (AvgIpc) is 3.03. The number of nitriles is 1. The van der Waals surface area contributed by atoms with Crippen LogP contribution < -0.4 is 5.32 Å². The van der Waals surface area contributed by atoms with Gasteiger partial charge >= 0.3 is 12.2 Å². The normalized spacial score (nSPS) is 11.1. The Bertz CT molecular complexity index is 879. The third-order valence-corrected chi connectivity index (χ3v) is 3.00. The molecule has 1 N–H and O–H groups in total. The van der Waals surface area contributed by atoms with E-state index in [1.165, 1.54) is 30.7 Å². The largest absolute Gasteiger partial charge is 0.423 e. The molecule has 6 nitrogen and oxygen atoms in total. The summed E-state index contributed by atoms with van der Waals surface area (Å²) in [5.41, 5.74) is -0.121. The van der Waals surface area contributed by atoms with Crippen LogP contribution in [-0.2, 0) is 6.18 Å². The molecule has 0 radical (unpaired) electrons. The van der Waals surface area contributed by atoms with E-state index < -0.39 is 11.7 Å². The number of hydrogen-bond acceptors (Lipinski definition) is 6. The molecule has 0 aliphatic heterocycles. The summed E-state index contributed by atoms with van der Waals surface area (Å²) in [4.78, 5) is 11.7. The zero-order valence-electron chi connectivity index (χ0n) is 11.9. The Morgan fingerprint density at radius 2 is 1.75 bits per heavy atom. The van der Waals surface area contributed by atoms with Crippen molar-refractivity contribution in [3.05, 3.63) is 54.1 Å². The Morgan fingerprint density at radius 3 is 2.33 bits per heavy atom. The van der Waals surface area contributed by atoms with Gasteiger partial charge in [0.25, 0.3) is 0 Å². The van der Waals surface area contributed by atoms with Crippen LogP contribution in [0.1, 0.15) is 11.3 Å². The quantitative estimate of drug-likeness (QED) is 0.786. The smallest absolute Gasteiger partial charge is 0.416 e. The summed E-state index contributed by atoms with van der Waals surface area (Å²) in [6, 6.07) is 6.48. The molecule has 2 heterocycles. The Hall–Kier alpha value is -3.41. The predicted octanol–water partition coefficient (Wildman–Crippen LogP) is 3.77. The highest BCUT2D eigenvalue weighted by molar-refractivity contribution is 5.59. The molecular formula is C15H8F3N5O. The summed E-state index contributed by atoms with van der Waals surface area (Å²) in [7, 11) is 0. The maximum Gasteiger partial charge on any atom is 0.416 e. The molecule has 0 unspecified atom stereocenters. The number of rotatable bonds is 3. The maximum atomic E-state index is 12.5. The van der Waals surface area contributed by atoms with E-state index in [-0.39, 0.29) is 11.7 Å². The molecule has 0 spiro atoms. The number of halogens is 3. The van der Waals surface area contributed by atoms with E-state index in [0.717, 1.165) is 12.1 Å². The number of alkyl halides is 3. The Labute approximate surface area is 133 Å². The second kappa shape index (κ2) is 6.00. The minimum Gasteiger partial charge on any atom is -0.423 e. The summed E-state index contributed by atoms with van der Waals surface area (Å²) >= 11 is 0. The van der Waals surface area contributed by atoms with Gasteiger partial charge in [-0.2, -0.15) is 18.4 Å². The number of oxazole rings is 1. The molecule has 0 bridgehead atoms. The molecule has 120 valence electrons. The Morgan fingerprint density at radius 1 is 1.00 bits per heavy atom. The first-order valence-corrected chi connectivity index (χ1v) is 6.58. The molecule has 2 aromatic heterocycles. The number of benzene rings is 1. The van der Waals surface area contributed by atoms with Crippen molar-refractivity contribution in [1.29, 1.82) is 5.26 Å². The van der Waals surface area contributed by atoms with Crippen molar-refractivity contribution in [1.82, 2.24) is 15.0 Å². The topological polar surface area (TPSA) is 87.6 Å². The zero-order chi connectivity index (χ0) is 17.2. The fraction of sp³-hybridized carbons (Fsp3) is 0.0667. The number of aromatic nitrogens is 3. The lowest BCUT2D eigenvalue weighted by molar-refractivity contribution is -0.137. The van der Waals surface area contributed by atoms with Crippen molar-refractivity contribution >= 4 is 11.8 Å². The second-order valence-corrected chi connectivity index (χ2v) is 4.63. The van der Waals surface area contributed by atoms with E-state index in [4.69, 9.17) is 9.68 Å². The van der Waals surface area contributed by atoms with E-state index in [2.05, 4.69) is 20.3 Å². The summed E-state index contributed by atoms with van der Waals surface area (Å²) in [5.74, 6) is 0.614. The van der Waals surface area contributed by atoms with Crippen LogP contribution in [0.2, 0.25) is 0 Å². The van der Waals surface area contributed by atoms with Crippen LogP contribution in [0.5, 0.6) is 0 Å². The molecule has 0 saturated heterocycles. The lowest BCUT2D eigenvalue weighted by Crippen LogP contribution is -2.03. The van der Waals surface area contributed by atoms with Crippen molar-refractivity contribution < 1.29 is 17.6 Å². The van der Waals surface area contributed by atoms with Crippen LogP contribution in [0.25, 0.3) is 11.3 Å². The Kier molecular flexibility index (Phi) is 3.87. The van der Waals surface area contributed by atoms with E-state index in [0.29, 0.717) is 17.1 Å². The first-order chi connectivity index (χ1) is 11.5. The maximum absolute atomic E-state index is 12.5. The molecule has 1 aromatic carbocycles. The van der Waals surface area contributed by atoms with E-state index in [9.17, 15) is 13.2 Å². The van der Waals surface area contributed by atoms with Gasteiger partial charge in [-0.05, 0) is 12.1 Å². The minimum atomic E-state index is -4.39. The molecule has 0 saturated carbocycles. The molecule has 3 rings (SSSR count). The van der Waals surface area contributed by atoms with Gasteiger partial charge in [0.05, 0.1) is 24.2 Å². The first-order valence-electron chi connectivity index (χ1n) is 6.58.